The highest BCUT2D eigenvalue weighted by Crippen LogP contribution is 2.33. The van der Waals surface area contributed by atoms with Crippen LogP contribution in [0.3, 0.4) is 0 Å². The second-order valence-electron chi connectivity index (χ2n) is 5.71. The molecule has 2 aromatic rings. The van der Waals surface area contributed by atoms with Gasteiger partial charge in [0.05, 0.1) is 11.7 Å². The van der Waals surface area contributed by atoms with Gasteiger partial charge in [0.2, 0.25) is 0 Å². The van der Waals surface area contributed by atoms with E-state index >= 15 is 0 Å². The van der Waals surface area contributed by atoms with Gasteiger partial charge in [-0.15, -0.1) is 11.3 Å². The molecule has 20 heavy (non-hydrogen) atoms. The first kappa shape index (κ1) is 15.6. The highest BCUT2D eigenvalue weighted by Gasteiger charge is 2.22. The lowest BCUT2D eigenvalue weighted by Gasteiger charge is -2.17. The summed E-state index contributed by atoms with van der Waals surface area (Å²) in [6, 6.07) is 4.71. The summed E-state index contributed by atoms with van der Waals surface area (Å²) in [5, 5.41) is 6.34. The lowest BCUT2D eigenvalue weighted by Crippen LogP contribution is -2.19. The van der Waals surface area contributed by atoms with E-state index in [9.17, 15) is 4.39 Å². The Bertz CT molecular complexity index is 604. The summed E-state index contributed by atoms with van der Waals surface area (Å²) in [6.45, 7) is 6.44. The van der Waals surface area contributed by atoms with Gasteiger partial charge in [-0.2, -0.15) is 0 Å². The summed E-state index contributed by atoms with van der Waals surface area (Å²) in [6.07, 6.45) is 0. The van der Waals surface area contributed by atoms with Crippen molar-refractivity contribution in [3.63, 3.8) is 0 Å². The Morgan fingerprint density at radius 2 is 2.05 bits per heavy atom. The van der Waals surface area contributed by atoms with E-state index in [4.69, 9.17) is 4.98 Å². The van der Waals surface area contributed by atoms with Crippen LogP contribution in [0.25, 0.3) is 0 Å². The van der Waals surface area contributed by atoms with E-state index in [2.05, 4.69) is 47.4 Å². The minimum atomic E-state index is -0.245. The zero-order chi connectivity index (χ0) is 14.9. The third kappa shape index (κ3) is 3.27. The fraction of sp³-hybridized carbons (Fsp3) is 0.400. The van der Waals surface area contributed by atoms with E-state index in [-0.39, 0.29) is 17.3 Å². The summed E-state index contributed by atoms with van der Waals surface area (Å²) >= 11 is 5.06. The number of hydrogen-bond acceptors (Lipinski definition) is 3. The third-order valence-electron chi connectivity index (χ3n) is 3.10. The summed E-state index contributed by atoms with van der Waals surface area (Å²) in [4.78, 5) is 4.73. The summed E-state index contributed by atoms with van der Waals surface area (Å²) in [5.74, 6) is -0.245. The van der Waals surface area contributed by atoms with Gasteiger partial charge >= 0.3 is 0 Å². The van der Waals surface area contributed by atoms with Crippen LogP contribution in [0.2, 0.25) is 0 Å². The van der Waals surface area contributed by atoms with Gasteiger partial charge in [0.15, 0.2) is 0 Å². The first-order valence-corrected chi connectivity index (χ1v) is 8.08. The Morgan fingerprint density at radius 3 is 2.55 bits per heavy atom. The Balaban J connectivity index is 2.40. The number of nitrogens with one attached hydrogen (secondary N) is 1. The van der Waals surface area contributed by atoms with Gasteiger partial charge < -0.3 is 5.32 Å². The molecule has 0 amide bonds. The molecule has 108 valence electrons. The molecule has 0 aliphatic heterocycles. The SMILES string of the molecule is CNC(c1nc(C(C)(C)C)cs1)c1ccc(F)cc1Br. The van der Waals surface area contributed by atoms with Gasteiger partial charge in [0.1, 0.15) is 10.8 Å². The molecule has 0 fully saturated rings. The van der Waals surface area contributed by atoms with E-state index in [0.29, 0.717) is 0 Å². The van der Waals surface area contributed by atoms with Gasteiger partial charge in [-0.05, 0) is 24.7 Å². The van der Waals surface area contributed by atoms with Crippen LogP contribution in [0.15, 0.2) is 28.1 Å². The molecule has 0 aliphatic rings. The molecule has 1 atom stereocenters. The fourth-order valence-electron chi connectivity index (χ4n) is 1.91. The zero-order valence-corrected chi connectivity index (χ0v) is 14.4. The molecule has 0 saturated heterocycles. The molecule has 0 aliphatic carbocycles. The molecule has 0 bridgehead atoms. The van der Waals surface area contributed by atoms with Gasteiger partial charge in [-0.1, -0.05) is 42.8 Å². The van der Waals surface area contributed by atoms with Crippen LogP contribution >= 0.6 is 27.3 Å². The Labute approximate surface area is 131 Å². The van der Waals surface area contributed by atoms with Crippen molar-refractivity contribution in [2.45, 2.75) is 32.2 Å². The smallest absolute Gasteiger partial charge is 0.124 e. The minimum Gasteiger partial charge on any atom is -0.307 e. The van der Waals surface area contributed by atoms with Crippen LogP contribution in [-0.4, -0.2) is 12.0 Å². The lowest BCUT2D eigenvalue weighted by molar-refractivity contribution is 0.566. The second-order valence-corrected chi connectivity index (χ2v) is 7.45. The highest BCUT2D eigenvalue weighted by molar-refractivity contribution is 9.10. The second kappa shape index (κ2) is 5.92. The first-order valence-electron chi connectivity index (χ1n) is 6.41. The highest BCUT2D eigenvalue weighted by atomic mass is 79.9. The van der Waals surface area contributed by atoms with E-state index in [0.717, 1.165) is 20.7 Å². The van der Waals surface area contributed by atoms with Crippen LogP contribution in [0.4, 0.5) is 4.39 Å². The van der Waals surface area contributed by atoms with Crippen LogP contribution < -0.4 is 5.32 Å². The zero-order valence-electron chi connectivity index (χ0n) is 12.0. The molecule has 1 aromatic carbocycles. The first-order chi connectivity index (χ1) is 9.32. The minimum absolute atomic E-state index is 0.0348. The van der Waals surface area contributed by atoms with Gasteiger partial charge in [0, 0.05) is 15.3 Å². The summed E-state index contributed by atoms with van der Waals surface area (Å²) < 4.78 is 14.0. The van der Waals surface area contributed by atoms with E-state index in [1.165, 1.54) is 12.1 Å². The van der Waals surface area contributed by atoms with Crippen molar-refractivity contribution in [1.29, 1.82) is 0 Å². The number of benzene rings is 1. The molecule has 2 nitrogen and oxygen atoms in total. The predicted molar refractivity (Wildman–Crippen MR) is 85.8 cm³/mol. The largest absolute Gasteiger partial charge is 0.307 e. The van der Waals surface area contributed by atoms with Crippen LogP contribution in [0, 0.1) is 5.82 Å². The average Bonchev–Trinajstić information content (AvgIpc) is 2.82. The number of nitrogens with zero attached hydrogens (tertiary/aromatic N) is 1. The third-order valence-corrected chi connectivity index (χ3v) is 4.70. The standard InChI is InChI=1S/C15H18BrFN2S/c1-15(2,3)12-8-20-14(19-12)13(18-4)10-6-5-9(17)7-11(10)16/h5-8,13,18H,1-4H3. The Hall–Kier alpha value is -0.780. The van der Waals surface area contributed by atoms with Crippen molar-refractivity contribution >= 4 is 27.3 Å². The number of hydrogen-bond donors (Lipinski definition) is 1. The van der Waals surface area contributed by atoms with Crippen molar-refractivity contribution in [2.24, 2.45) is 0 Å². The van der Waals surface area contributed by atoms with E-state index in [1.807, 2.05) is 7.05 Å². The fourth-order valence-corrected chi connectivity index (χ4v) is 3.66. The van der Waals surface area contributed by atoms with Crippen molar-refractivity contribution in [3.8, 4) is 0 Å². The van der Waals surface area contributed by atoms with E-state index < -0.39 is 0 Å². The lowest BCUT2D eigenvalue weighted by atomic mass is 9.93. The van der Waals surface area contributed by atoms with Gasteiger partial charge in [-0.25, -0.2) is 9.37 Å². The number of aromatic nitrogens is 1. The number of halogens is 2. The molecule has 1 unspecified atom stereocenters. The van der Waals surface area contributed by atoms with Gasteiger partial charge in [0.25, 0.3) is 0 Å². The molecule has 1 aromatic heterocycles. The van der Waals surface area contributed by atoms with Crippen molar-refractivity contribution < 1.29 is 4.39 Å². The van der Waals surface area contributed by atoms with Crippen molar-refractivity contribution in [3.05, 3.63) is 50.1 Å². The van der Waals surface area contributed by atoms with Gasteiger partial charge in [-0.3, -0.25) is 0 Å². The van der Waals surface area contributed by atoms with E-state index in [1.54, 1.807) is 17.4 Å². The molecule has 2 rings (SSSR count). The summed E-state index contributed by atoms with van der Waals surface area (Å²) in [5.41, 5.74) is 2.10. The molecular formula is C15H18BrFN2S. The van der Waals surface area contributed by atoms with Crippen LogP contribution in [-0.2, 0) is 5.41 Å². The molecule has 1 N–H and O–H groups in total. The number of rotatable bonds is 3. The Morgan fingerprint density at radius 1 is 1.35 bits per heavy atom. The summed E-state index contributed by atoms with van der Waals surface area (Å²) in [7, 11) is 1.89. The number of thiazole rings is 1. The molecule has 5 heteroatoms. The maximum atomic E-state index is 13.2. The maximum Gasteiger partial charge on any atom is 0.124 e. The molecule has 1 heterocycles. The molecule has 0 spiro atoms. The molecule has 0 saturated carbocycles. The van der Waals surface area contributed by atoms with Crippen LogP contribution in [0.5, 0.6) is 0 Å². The normalized spacial score (nSPS) is 13.5. The monoisotopic (exact) mass is 356 g/mol. The quantitative estimate of drug-likeness (QED) is 0.865. The molecule has 0 radical (unpaired) electrons. The predicted octanol–water partition coefficient (Wildman–Crippen LogP) is 4.65. The average molecular weight is 357 g/mol. The Kier molecular flexibility index (Phi) is 4.62. The van der Waals surface area contributed by atoms with Crippen molar-refractivity contribution in [1.82, 2.24) is 10.3 Å². The van der Waals surface area contributed by atoms with Crippen molar-refractivity contribution in [2.75, 3.05) is 7.05 Å². The molecular weight excluding hydrogens is 339 g/mol. The topological polar surface area (TPSA) is 24.9 Å². The maximum absolute atomic E-state index is 13.2. The van der Waals surface area contributed by atoms with Crippen LogP contribution in [0.1, 0.15) is 43.1 Å².